The Bertz CT molecular complexity index is 1040. The van der Waals surface area contributed by atoms with Gasteiger partial charge in [0.05, 0.1) is 35.8 Å². The van der Waals surface area contributed by atoms with E-state index < -0.39 is 28.7 Å². The average molecular weight is 483 g/mol. The molecular weight excluding hydrogens is 452 g/mol. The van der Waals surface area contributed by atoms with Gasteiger partial charge in [-0.05, 0) is 25.8 Å². The maximum absolute atomic E-state index is 14.2. The summed E-state index contributed by atoms with van der Waals surface area (Å²) in [6, 6.07) is 7.71. The van der Waals surface area contributed by atoms with Crippen molar-refractivity contribution in [1.29, 1.82) is 0 Å². The topological polar surface area (TPSA) is 87.2 Å². The van der Waals surface area contributed by atoms with Crippen LogP contribution in [0.4, 0.5) is 0 Å². The van der Waals surface area contributed by atoms with Gasteiger partial charge in [-0.3, -0.25) is 14.4 Å². The Hall–Kier alpha value is -2.58. The van der Waals surface area contributed by atoms with Gasteiger partial charge in [-0.1, -0.05) is 54.6 Å². The smallest absolute Gasteiger partial charge is 0.311 e. The van der Waals surface area contributed by atoms with Crippen LogP contribution in [0.1, 0.15) is 31.9 Å². The molecule has 0 aromatic heterocycles. The van der Waals surface area contributed by atoms with Gasteiger partial charge in [0.25, 0.3) is 0 Å². The van der Waals surface area contributed by atoms with Crippen molar-refractivity contribution < 1.29 is 24.2 Å². The first-order chi connectivity index (χ1) is 16.4. The first kappa shape index (κ1) is 23.2. The Labute approximate surface area is 203 Å². The number of aliphatic hydroxyl groups is 1. The number of hydrogen-bond acceptors (Lipinski definition) is 6. The molecule has 1 aromatic carbocycles. The molecule has 1 aromatic rings. The molecule has 4 aliphatic rings. The van der Waals surface area contributed by atoms with Crippen molar-refractivity contribution in [2.24, 2.45) is 11.8 Å². The molecule has 6 atom stereocenters. The fraction of sp³-hybridized carbons (Fsp3) is 0.500. The zero-order valence-electron chi connectivity index (χ0n) is 19.4. The van der Waals surface area contributed by atoms with Gasteiger partial charge in [-0.2, -0.15) is 0 Å². The van der Waals surface area contributed by atoms with Crippen LogP contribution in [0.25, 0.3) is 0 Å². The lowest BCUT2D eigenvalue weighted by molar-refractivity contribution is -0.153. The highest BCUT2D eigenvalue weighted by Crippen LogP contribution is 2.62. The van der Waals surface area contributed by atoms with Gasteiger partial charge in [0.15, 0.2) is 0 Å². The van der Waals surface area contributed by atoms with Crippen LogP contribution in [0.15, 0.2) is 54.6 Å². The summed E-state index contributed by atoms with van der Waals surface area (Å²) in [4.78, 5) is 44.8. The van der Waals surface area contributed by atoms with Crippen molar-refractivity contribution in [3.05, 3.63) is 60.2 Å². The number of aliphatic hydroxyl groups excluding tert-OH is 1. The van der Waals surface area contributed by atoms with Crippen LogP contribution in [-0.2, 0) is 19.1 Å². The highest BCUT2D eigenvalue weighted by molar-refractivity contribution is 8.02. The third-order valence-electron chi connectivity index (χ3n) is 7.41. The summed E-state index contributed by atoms with van der Waals surface area (Å²) in [5.41, 5.74) is 0.757. The number of ether oxygens (including phenoxy) is 1. The van der Waals surface area contributed by atoms with Gasteiger partial charge in [0, 0.05) is 17.8 Å². The normalized spacial score (nSPS) is 33.7. The number of thioether (sulfide) groups is 1. The minimum absolute atomic E-state index is 0.0578. The summed E-state index contributed by atoms with van der Waals surface area (Å²) in [7, 11) is 0. The number of likely N-dealkylation sites (tertiary alicyclic amines) is 1. The minimum Gasteiger partial charge on any atom is -0.465 e. The van der Waals surface area contributed by atoms with Crippen molar-refractivity contribution in [2.75, 3.05) is 19.8 Å². The zero-order chi connectivity index (χ0) is 24.0. The number of hydrogen-bond donors (Lipinski definition) is 1. The van der Waals surface area contributed by atoms with Gasteiger partial charge in [0.2, 0.25) is 11.8 Å². The van der Waals surface area contributed by atoms with E-state index in [0.717, 1.165) is 5.56 Å². The SMILES string of the molecule is CC(C)N1CC=C[C@]23S[C@@H]4C=CCCOC(=O)[C@@H]4[C@H]2C(=O)N([C@H](CO)c2ccccc2)C3C1=O. The fourth-order valence-electron chi connectivity index (χ4n) is 5.89. The summed E-state index contributed by atoms with van der Waals surface area (Å²) in [6.45, 7) is 4.31. The molecule has 1 unspecified atom stereocenters. The molecule has 2 saturated heterocycles. The molecule has 0 radical (unpaired) electrons. The predicted molar refractivity (Wildman–Crippen MR) is 129 cm³/mol. The molecule has 8 heteroatoms. The van der Waals surface area contributed by atoms with Gasteiger partial charge in [0.1, 0.15) is 6.04 Å². The number of nitrogens with zero attached hydrogens (tertiary/aromatic N) is 2. The highest BCUT2D eigenvalue weighted by Gasteiger charge is 2.71. The van der Waals surface area contributed by atoms with E-state index in [1.807, 2.05) is 68.5 Å². The average Bonchev–Trinajstić information content (AvgIpc) is 3.19. The second kappa shape index (κ2) is 8.89. The number of cyclic esters (lactones) is 1. The van der Waals surface area contributed by atoms with E-state index in [4.69, 9.17) is 4.74 Å². The van der Waals surface area contributed by atoms with Crippen LogP contribution < -0.4 is 0 Å². The van der Waals surface area contributed by atoms with E-state index in [1.54, 1.807) is 9.80 Å². The second-order valence-electron chi connectivity index (χ2n) is 9.57. The Morgan fingerprint density at radius 3 is 2.62 bits per heavy atom. The molecule has 5 rings (SSSR count). The Balaban J connectivity index is 1.68. The van der Waals surface area contributed by atoms with Crippen LogP contribution in [0.2, 0.25) is 0 Å². The summed E-state index contributed by atoms with van der Waals surface area (Å²) in [5.74, 6) is -2.23. The van der Waals surface area contributed by atoms with E-state index >= 15 is 0 Å². The monoisotopic (exact) mass is 482 g/mol. The number of amides is 2. The molecule has 0 bridgehead atoms. The quantitative estimate of drug-likeness (QED) is 0.524. The molecule has 180 valence electrons. The van der Waals surface area contributed by atoms with Gasteiger partial charge >= 0.3 is 5.97 Å². The van der Waals surface area contributed by atoms with Crippen molar-refractivity contribution in [3.63, 3.8) is 0 Å². The van der Waals surface area contributed by atoms with E-state index in [-0.39, 0.29) is 42.3 Å². The van der Waals surface area contributed by atoms with Crippen molar-refractivity contribution in [3.8, 4) is 0 Å². The molecule has 1 N–H and O–H groups in total. The molecule has 34 heavy (non-hydrogen) atoms. The Kier molecular flexibility index (Phi) is 6.06. The number of benzene rings is 1. The number of esters is 1. The summed E-state index contributed by atoms with van der Waals surface area (Å²) in [6.07, 6.45) is 8.57. The fourth-order valence-corrected chi connectivity index (χ4v) is 7.88. The largest absolute Gasteiger partial charge is 0.465 e. The second-order valence-corrected chi connectivity index (χ2v) is 11.1. The maximum Gasteiger partial charge on any atom is 0.311 e. The minimum atomic E-state index is -0.914. The number of carbonyl (C=O) groups is 3. The molecule has 4 heterocycles. The highest BCUT2D eigenvalue weighted by atomic mass is 32.2. The van der Waals surface area contributed by atoms with E-state index in [9.17, 15) is 19.5 Å². The molecule has 7 nitrogen and oxygen atoms in total. The third kappa shape index (κ3) is 3.41. The molecule has 1 spiro atoms. The summed E-state index contributed by atoms with van der Waals surface area (Å²) in [5, 5.41) is 10.2. The van der Waals surface area contributed by atoms with Gasteiger partial charge in [-0.25, -0.2) is 0 Å². The van der Waals surface area contributed by atoms with E-state index in [1.165, 1.54) is 11.8 Å². The van der Waals surface area contributed by atoms with Crippen molar-refractivity contribution in [2.45, 2.75) is 48.4 Å². The molecule has 0 aliphatic carbocycles. The van der Waals surface area contributed by atoms with Crippen LogP contribution in [0.5, 0.6) is 0 Å². The predicted octanol–water partition coefficient (Wildman–Crippen LogP) is 2.33. The molecular formula is C26H30N2O5S. The van der Waals surface area contributed by atoms with E-state index in [0.29, 0.717) is 13.0 Å². The third-order valence-corrected chi connectivity index (χ3v) is 9.15. The summed E-state index contributed by atoms with van der Waals surface area (Å²) >= 11 is 1.52. The Morgan fingerprint density at radius 2 is 1.91 bits per heavy atom. The maximum atomic E-state index is 14.2. The van der Waals surface area contributed by atoms with Crippen LogP contribution in [-0.4, -0.2) is 74.5 Å². The number of fused-ring (bicyclic) bond motifs is 2. The van der Waals surface area contributed by atoms with Crippen LogP contribution >= 0.6 is 11.8 Å². The standard InChI is InChI=1S/C26H30N2O5S/c1-16(2)27-13-8-12-26-21(20-19(34-26)11-6-7-14-33-25(20)32)23(30)28(22(26)24(27)31)18(15-29)17-9-4-3-5-10-17/h3-6,8-12,16,18-22,29H,7,13-15H2,1-2H3/t18-,19-,20+,21+,22?,26+/m1/s1. The first-order valence-corrected chi connectivity index (χ1v) is 12.8. The van der Waals surface area contributed by atoms with Gasteiger partial charge < -0.3 is 19.6 Å². The van der Waals surface area contributed by atoms with Crippen LogP contribution in [0, 0.1) is 11.8 Å². The zero-order valence-corrected chi connectivity index (χ0v) is 20.2. The van der Waals surface area contributed by atoms with Gasteiger partial charge in [-0.15, -0.1) is 11.8 Å². The lowest BCUT2D eigenvalue weighted by Gasteiger charge is -2.39. The molecule has 0 saturated carbocycles. The first-order valence-electron chi connectivity index (χ1n) is 11.9. The lowest BCUT2D eigenvalue weighted by atomic mass is 9.78. The van der Waals surface area contributed by atoms with Crippen molar-refractivity contribution >= 4 is 29.5 Å². The molecule has 2 amide bonds. The lowest BCUT2D eigenvalue weighted by Crippen LogP contribution is -2.55. The van der Waals surface area contributed by atoms with E-state index in [2.05, 4.69) is 0 Å². The molecule has 2 fully saturated rings. The Morgan fingerprint density at radius 1 is 1.15 bits per heavy atom. The summed E-state index contributed by atoms with van der Waals surface area (Å²) < 4.78 is 4.60. The molecule has 4 aliphatic heterocycles. The number of rotatable bonds is 4. The van der Waals surface area contributed by atoms with Crippen LogP contribution in [0.3, 0.4) is 0 Å². The number of carbonyl (C=O) groups excluding carboxylic acids is 3. The van der Waals surface area contributed by atoms with Crippen molar-refractivity contribution in [1.82, 2.24) is 9.80 Å².